The van der Waals surface area contributed by atoms with E-state index < -0.39 is 24.2 Å². The second kappa shape index (κ2) is 18.9. The molecule has 2 bridgehead atoms. The van der Waals surface area contributed by atoms with Crippen molar-refractivity contribution in [3.8, 4) is 17.2 Å². The van der Waals surface area contributed by atoms with Gasteiger partial charge in [-0.1, -0.05) is 72.8 Å². The molecule has 6 aromatic rings. The number of methoxy groups -OCH3 is 1. The molecule has 13 nitrogen and oxygen atoms in total. The fraction of sp³-hybridized carbons (Fsp3) is 0.286. The summed E-state index contributed by atoms with van der Waals surface area (Å²) in [4.78, 5) is 42.5. The van der Waals surface area contributed by atoms with Crippen molar-refractivity contribution in [1.29, 1.82) is 0 Å². The van der Waals surface area contributed by atoms with Crippen LogP contribution in [0, 0.1) is 5.92 Å². The summed E-state index contributed by atoms with van der Waals surface area (Å²) in [5.41, 5.74) is 5.46. The molecule has 3 fully saturated rings. The van der Waals surface area contributed by atoms with E-state index in [2.05, 4.69) is 20.5 Å². The molecular formula is C49H50N4O9. The van der Waals surface area contributed by atoms with Crippen LogP contribution in [0.1, 0.15) is 74.3 Å². The van der Waals surface area contributed by atoms with Gasteiger partial charge in [0.05, 0.1) is 30.3 Å². The lowest BCUT2D eigenvalue weighted by molar-refractivity contribution is -0.0336. The number of aromatic amines is 1. The van der Waals surface area contributed by atoms with Gasteiger partial charge in [-0.2, -0.15) is 0 Å². The zero-order chi connectivity index (χ0) is 43.2. The summed E-state index contributed by atoms with van der Waals surface area (Å²) in [5, 5.41) is 38.2. The molecule has 6 N–H and O–H groups in total. The van der Waals surface area contributed by atoms with Gasteiger partial charge < -0.3 is 45.1 Å². The second-order valence-electron chi connectivity index (χ2n) is 16.0. The van der Waals surface area contributed by atoms with Crippen LogP contribution in [-0.4, -0.2) is 76.7 Å². The number of carbonyl (C=O) groups is 2. The highest BCUT2D eigenvalue weighted by Gasteiger charge is 2.37. The number of nitrogens with zero attached hydrogens (tertiary/aromatic N) is 1. The number of carbonyl (C=O) groups excluding carboxylic acids is 1. The molecule has 3 aliphatic rings. The molecule has 0 spiro atoms. The minimum Gasteiger partial charge on any atom is -0.506 e. The summed E-state index contributed by atoms with van der Waals surface area (Å²) in [6, 6.07) is 33.8. The Balaban J connectivity index is 0.920. The Labute approximate surface area is 358 Å². The van der Waals surface area contributed by atoms with Crippen molar-refractivity contribution in [2.24, 2.45) is 5.92 Å². The summed E-state index contributed by atoms with van der Waals surface area (Å²) >= 11 is 0. The van der Waals surface area contributed by atoms with Crippen molar-refractivity contribution in [1.82, 2.24) is 20.5 Å². The predicted molar refractivity (Wildman–Crippen MR) is 234 cm³/mol. The average Bonchev–Trinajstić information content (AvgIpc) is 3.29. The molecule has 62 heavy (non-hydrogen) atoms. The van der Waals surface area contributed by atoms with Crippen LogP contribution in [0.4, 0.5) is 4.79 Å². The first kappa shape index (κ1) is 42.0. The molecule has 0 radical (unpaired) electrons. The first-order chi connectivity index (χ1) is 30.1. The minimum atomic E-state index is -1.04. The number of hydrogen-bond acceptors (Lipinski definition) is 10. The van der Waals surface area contributed by atoms with Crippen LogP contribution >= 0.6 is 0 Å². The van der Waals surface area contributed by atoms with Gasteiger partial charge in [-0.05, 0) is 108 Å². The molecule has 5 aromatic carbocycles. The van der Waals surface area contributed by atoms with Crippen molar-refractivity contribution < 1.29 is 39.1 Å². The molecule has 0 aliphatic carbocycles. The zero-order valence-corrected chi connectivity index (χ0v) is 34.4. The maximum atomic E-state index is 13.3. The number of carboxylic acid groups (broad SMARTS) is 1. The van der Waals surface area contributed by atoms with Gasteiger partial charge >= 0.3 is 12.1 Å². The Hall–Kier alpha value is -6.67. The molecule has 13 heteroatoms. The van der Waals surface area contributed by atoms with E-state index in [0.29, 0.717) is 46.9 Å². The topological polar surface area (TPSA) is 183 Å². The van der Waals surface area contributed by atoms with E-state index in [1.165, 1.54) is 12.1 Å². The highest BCUT2D eigenvalue weighted by Crippen LogP contribution is 2.32. The van der Waals surface area contributed by atoms with Crippen LogP contribution in [0.15, 0.2) is 120 Å². The summed E-state index contributed by atoms with van der Waals surface area (Å²) in [5.74, 6) is 0.471. The molecule has 9 rings (SSSR count). The summed E-state index contributed by atoms with van der Waals surface area (Å²) in [7, 11) is 1.57. The van der Waals surface area contributed by atoms with Crippen LogP contribution in [0.25, 0.3) is 10.9 Å². The fourth-order valence-electron chi connectivity index (χ4n) is 8.65. The molecule has 1 amide bonds. The lowest BCUT2D eigenvalue weighted by Crippen LogP contribution is -2.52. The third kappa shape index (κ3) is 9.76. The molecule has 4 heterocycles. The number of aromatic carboxylic acids is 1. The summed E-state index contributed by atoms with van der Waals surface area (Å²) in [6.07, 6.45) is 0.921. The largest absolute Gasteiger partial charge is 0.506 e. The van der Waals surface area contributed by atoms with Crippen LogP contribution in [0.2, 0.25) is 0 Å². The molecule has 1 aromatic heterocycles. The van der Waals surface area contributed by atoms with E-state index in [-0.39, 0.29) is 41.6 Å². The number of nitrogens with one attached hydrogen (secondary N) is 3. The van der Waals surface area contributed by atoms with E-state index in [4.69, 9.17) is 14.2 Å². The lowest BCUT2D eigenvalue weighted by atomic mass is 9.86. The molecule has 3 atom stereocenters. The number of ether oxygens (including phenoxy) is 3. The van der Waals surface area contributed by atoms with E-state index in [9.17, 15) is 29.7 Å². The highest BCUT2D eigenvalue weighted by molar-refractivity contribution is 5.89. The van der Waals surface area contributed by atoms with E-state index >= 15 is 0 Å². The quantitative estimate of drug-likeness (QED) is 0.0600. The minimum absolute atomic E-state index is 0.0783. The van der Waals surface area contributed by atoms with Gasteiger partial charge in [0, 0.05) is 36.7 Å². The first-order valence-corrected chi connectivity index (χ1v) is 20.8. The van der Waals surface area contributed by atoms with Gasteiger partial charge in [0.25, 0.3) is 0 Å². The van der Waals surface area contributed by atoms with Gasteiger partial charge in [-0.15, -0.1) is 0 Å². The number of rotatable bonds is 16. The summed E-state index contributed by atoms with van der Waals surface area (Å²) < 4.78 is 18.0. The number of carboxylic acids is 1. The number of aliphatic hydroxyl groups is 1. The van der Waals surface area contributed by atoms with E-state index in [1.54, 1.807) is 31.4 Å². The number of aliphatic hydroxyl groups excluding tert-OH is 1. The lowest BCUT2D eigenvalue weighted by Gasteiger charge is -2.43. The zero-order valence-electron chi connectivity index (χ0n) is 34.4. The first-order valence-electron chi connectivity index (χ1n) is 20.8. The van der Waals surface area contributed by atoms with Crippen molar-refractivity contribution in [2.45, 2.75) is 50.7 Å². The number of aromatic hydroxyl groups is 1. The van der Waals surface area contributed by atoms with E-state index in [1.807, 2.05) is 78.9 Å². The number of H-pyrrole nitrogens is 1. The Bertz CT molecular complexity index is 2610. The number of fused-ring (bicyclic) bond motifs is 4. The molecule has 3 saturated heterocycles. The number of phenolic OH excluding ortho intramolecular Hbond substituents is 1. The van der Waals surface area contributed by atoms with Gasteiger partial charge in [0.15, 0.2) is 0 Å². The Morgan fingerprint density at radius 3 is 2.42 bits per heavy atom. The fourth-order valence-corrected chi connectivity index (χ4v) is 8.65. The molecule has 0 unspecified atom stereocenters. The average molecular weight is 839 g/mol. The van der Waals surface area contributed by atoms with Crippen molar-refractivity contribution in [3.05, 3.63) is 170 Å². The maximum absolute atomic E-state index is 13.3. The number of benzene rings is 5. The standard InChI is InChI=1S/C49H50N4O9/c1-60-43-24-30(10-12-35(43)26-50-27-42(55)39-14-16-41(54)47-40(39)15-17-45(56)51-47)22-36-23-31(11-13-38(36)48(57)58)29-61-37-9-5-8-34(25-37)46(33-6-3-2-4-7-33)52-49(59)62-44-28-53-20-18-32(44)19-21-53/h2-17,23-25,32,42,44,46,50,54-55H,18-22,26-29H2,1H3,(H,51,56)(H,52,59)(H,57,58)/t42-,44-,46-/m0/s1. The number of amides is 1. The molecule has 320 valence electrons. The Kier molecular flexibility index (Phi) is 12.8. The normalized spacial score (nSPS) is 17.9. The number of aromatic nitrogens is 1. The number of pyridine rings is 1. The van der Waals surface area contributed by atoms with Crippen LogP contribution < -0.4 is 25.7 Å². The Morgan fingerprint density at radius 2 is 1.66 bits per heavy atom. The van der Waals surface area contributed by atoms with Crippen LogP contribution in [-0.2, 0) is 24.3 Å². The number of hydrogen-bond donors (Lipinski definition) is 6. The number of alkyl carbamates (subject to hydrolysis) is 1. The molecule has 3 aliphatic heterocycles. The predicted octanol–water partition coefficient (Wildman–Crippen LogP) is 6.84. The van der Waals surface area contributed by atoms with Gasteiger partial charge in [0.1, 0.15) is 30.0 Å². The third-order valence-corrected chi connectivity index (χ3v) is 11.9. The molecular weight excluding hydrogens is 789 g/mol. The Morgan fingerprint density at radius 1 is 0.871 bits per heavy atom. The van der Waals surface area contributed by atoms with Gasteiger partial charge in [-0.3, -0.25) is 9.69 Å². The van der Waals surface area contributed by atoms with Crippen molar-refractivity contribution in [2.75, 3.05) is 33.3 Å². The maximum Gasteiger partial charge on any atom is 0.408 e. The second-order valence-corrected chi connectivity index (χ2v) is 16.0. The van der Waals surface area contributed by atoms with E-state index in [0.717, 1.165) is 60.3 Å². The van der Waals surface area contributed by atoms with Crippen LogP contribution in [0.5, 0.6) is 17.2 Å². The smallest absolute Gasteiger partial charge is 0.408 e. The SMILES string of the molecule is COc1cc(Cc2cc(COc3cccc([C@@H](NC(=O)O[C@H]4CN5CCC4CC5)c4ccccc4)c3)ccc2C(=O)O)ccc1CNC[C@H](O)c1ccc(O)c2[nH]c(=O)ccc12. The van der Waals surface area contributed by atoms with Crippen LogP contribution in [0.3, 0.4) is 0 Å². The van der Waals surface area contributed by atoms with Crippen molar-refractivity contribution in [3.63, 3.8) is 0 Å². The third-order valence-electron chi connectivity index (χ3n) is 11.9. The highest BCUT2D eigenvalue weighted by atomic mass is 16.6. The van der Waals surface area contributed by atoms with Gasteiger partial charge in [0.2, 0.25) is 5.56 Å². The number of phenols is 1. The van der Waals surface area contributed by atoms with Crippen molar-refractivity contribution >= 4 is 23.0 Å². The van der Waals surface area contributed by atoms with Gasteiger partial charge in [-0.25, -0.2) is 9.59 Å². The monoisotopic (exact) mass is 838 g/mol. The number of piperidine rings is 3. The summed E-state index contributed by atoms with van der Waals surface area (Å²) in [6.45, 7) is 3.62. The molecule has 0 saturated carbocycles.